The van der Waals surface area contributed by atoms with Gasteiger partial charge in [-0.3, -0.25) is 0 Å². The zero-order valence-electron chi connectivity index (χ0n) is 12.5. The molecule has 2 atom stereocenters. The molecule has 0 fully saturated rings. The van der Waals surface area contributed by atoms with Crippen molar-refractivity contribution in [2.24, 2.45) is 5.73 Å². The summed E-state index contributed by atoms with van der Waals surface area (Å²) >= 11 is 1.74. The Bertz CT molecular complexity index is 563. The van der Waals surface area contributed by atoms with E-state index in [2.05, 4.69) is 30.0 Å². The van der Waals surface area contributed by atoms with Crippen LogP contribution < -0.4 is 15.4 Å². The third kappa shape index (κ3) is 3.52. The van der Waals surface area contributed by atoms with Crippen LogP contribution in [0.15, 0.2) is 36.4 Å². The molecule has 3 nitrogen and oxygen atoms in total. The SMILES string of the molecule is Cc1ccc(C(Oc2cccc(N(C)C)c2)C(C)N)s1. The topological polar surface area (TPSA) is 38.5 Å². The molecule has 0 amide bonds. The molecule has 0 spiro atoms. The van der Waals surface area contributed by atoms with E-state index in [9.17, 15) is 0 Å². The van der Waals surface area contributed by atoms with Crippen molar-refractivity contribution in [2.45, 2.75) is 26.0 Å². The number of rotatable bonds is 5. The van der Waals surface area contributed by atoms with Gasteiger partial charge in [-0.25, -0.2) is 0 Å². The Morgan fingerprint density at radius 1 is 1.20 bits per heavy atom. The lowest BCUT2D eigenvalue weighted by atomic mass is 10.1. The third-order valence-corrected chi connectivity index (χ3v) is 4.18. The highest BCUT2D eigenvalue weighted by Gasteiger charge is 2.20. The number of hydrogen-bond donors (Lipinski definition) is 1. The molecule has 0 aliphatic carbocycles. The Balaban J connectivity index is 2.22. The van der Waals surface area contributed by atoms with Gasteiger partial charge in [-0.1, -0.05) is 6.07 Å². The molecule has 20 heavy (non-hydrogen) atoms. The summed E-state index contributed by atoms with van der Waals surface area (Å²) in [7, 11) is 4.04. The molecule has 1 aromatic carbocycles. The second-order valence-corrected chi connectivity index (χ2v) is 6.56. The minimum absolute atomic E-state index is 0.0592. The predicted octanol–water partition coefficient (Wildman–Crippen LogP) is 3.59. The van der Waals surface area contributed by atoms with Gasteiger partial charge < -0.3 is 15.4 Å². The zero-order chi connectivity index (χ0) is 14.7. The van der Waals surface area contributed by atoms with E-state index < -0.39 is 0 Å². The van der Waals surface area contributed by atoms with Gasteiger partial charge in [-0.15, -0.1) is 11.3 Å². The number of ether oxygens (including phenoxy) is 1. The van der Waals surface area contributed by atoms with E-state index in [0.29, 0.717) is 0 Å². The molecule has 0 bridgehead atoms. The first-order chi connectivity index (χ1) is 9.47. The second-order valence-electron chi connectivity index (χ2n) is 5.24. The van der Waals surface area contributed by atoms with Crippen LogP contribution in [0.2, 0.25) is 0 Å². The van der Waals surface area contributed by atoms with Gasteiger partial charge in [0.05, 0.1) is 0 Å². The average molecular weight is 290 g/mol. The van der Waals surface area contributed by atoms with Crippen molar-refractivity contribution < 1.29 is 4.74 Å². The van der Waals surface area contributed by atoms with E-state index in [4.69, 9.17) is 10.5 Å². The molecule has 2 unspecified atom stereocenters. The van der Waals surface area contributed by atoms with Crippen molar-refractivity contribution in [3.8, 4) is 5.75 Å². The highest BCUT2D eigenvalue weighted by molar-refractivity contribution is 7.12. The van der Waals surface area contributed by atoms with Gasteiger partial charge in [0.15, 0.2) is 0 Å². The van der Waals surface area contributed by atoms with E-state index >= 15 is 0 Å². The summed E-state index contributed by atoms with van der Waals surface area (Å²) in [6, 6.07) is 12.2. The fourth-order valence-electron chi connectivity index (χ4n) is 2.01. The van der Waals surface area contributed by atoms with Gasteiger partial charge >= 0.3 is 0 Å². The lowest BCUT2D eigenvalue weighted by Gasteiger charge is -2.22. The first-order valence-corrected chi connectivity index (χ1v) is 7.55. The molecule has 1 heterocycles. The largest absolute Gasteiger partial charge is 0.483 e. The maximum Gasteiger partial charge on any atom is 0.148 e. The molecular formula is C16H22N2OS. The summed E-state index contributed by atoms with van der Waals surface area (Å²) in [5.74, 6) is 0.851. The monoisotopic (exact) mass is 290 g/mol. The van der Waals surface area contributed by atoms with Crippen molar-refractivity contribution in [1.29, 1.82) is 0 Å². The van der Waals surface area contributed by atoms with E-state index in [-0.39, 0.29) is 12.1 Å². The molecule has 0 saturated heterocycles. The fraction of sp³-hybridized carbons (Fsp3) is 0.375. The maximum absolute atomic E-state index is 6.12. The average Bonchev–Trinajstić information content (AvgIpc) is 2.82. The fourth-order valence-corrected chi connectivity index (χ4v) is 3.04. The van der Waals surface area contributed by atoms with Crippen LogP contribution in [-0.4, -0.2) is 20.1 Å². The van der Waals surface area contributed by atoms with Crippen LogP contribution in [0, 0.1) is 6.92 Å². The van der Waals surface area contributed by atoms with Crippen LogP contribution in [0.4, 0.5) is 5.69 Å². The Hall–Kier alpha value is -1.52. The van der Waals surface area contributed by atoms with Crippen molar-refractivity contribution in [2.75, 3.05) is 19.0 Å². The normalized spacial score (nSPS) is 13.8. The number of hydrogen-bond acceptors (Lipinski definition) is 4. The molecule has 108 valence electrons. The minimum atomic E-state index is -0.105. The highest BCUT2D eigenvalue weighted by Crippen LogP contribution is 2.30. The molecule has 0 aliphatic rings. The number of nitrogens with two attached hydrogens (primary N) is 1. The van der Waals surface area contributed by atoms with Crippen molar-refractivity contribution in [3.63, 3.8) is 0 Å². The molecule has 0 aliphatic heterocycles. The van der Waals surface area contributed by atoms with E-state index in [1.807, 2.05) is 39.2 Å². The second kappa shape index (κ2) is 6.29. The van der Waals surface area contributed by atoms with E-state index in [1.54, 1.807) is 11.3 Å². The quantitative estimate of drug-likeness (QED) is 0.914. The van der Waals surface area contributed by atoms with Gasteiger partial charge in [0, 0.05) is 41.6 Å². The van der Waals surface area contributed by atoms with E-state index in [1.165, 1.54) is 9.75 Å². The Kier molecular flexibility index (Phi) is 4.68. The zero-order valence-corrected chi connectivity index (χ0v) is 13.3. The molecule has 2 rings (SSSR count). The summed E-state index contributed by atoms with van der Waals surface area (Å²) in [6.45, 7) is 4.08. The van der Waals surface area contributed by atoms with Crippen molar-refractivity contribution in [3.05, 3.63) is 46.2 Å². The lowest BCUT2D eigenvalue weighted by molar-refractivity contribution is 0.184. The number of benzene rings is 1. The molecule has 2 N–H and O–H groups in total. The predicted molar refractivity (Wildman–Crippen MR) is 86.8 cm³/mol. The lowest BCUT2D eigenvalue weighted by Crippen LogP contribution is -2.28. The Morgan fingerprint density at radius 3 is 2.50 bits per heavy atom. The van der Waals surface area contributed by atoms with Gasteiger partial charge in [0.25, 0.3) is 0 Å². The summed E-state index contributed by atoms with van der Waals surface area (Å²) in [5, 5.41) is 0. The van der Waals surface area contributed by atoms with Crippen LogP contribution in [-0.2, 0) is 0 Å². The Morgan fingerprint density at radius 2 is 1.95 bits per heavy atom. The highest BCUT2D eigenvalue weighted by atomic mass is 32.1. The summed E-state index contributed by atoms with van der Waals surface area (Å²) < 4.78 is 6.12. The van der Waals surface area contributed by atoms with Gasteiger partial charge in [0.1, 0.15) is 11.9 Å². The minimum Gasteiger partial charge on any atom is -0.483 e. The molecule has 2 aromatic rings. The molecule has 0 saturated carbocycles. The van der Waals surface area contributed by atoms with Gasteiger partial charge in [-0.2, -0.15) is 0 Å². The van der Waals surface area contributed by atoms with E-state index in [0.717, 1.165) is 11.4 Å². The van der Waals surface area contributed by atoms with Crippen LogP contribution in [0.5, 0.6) is 5.75 Å². The van der Waals surface area contributed by atoms with Crippen LogP contribution in [0.25, 0.3) is 0 Å². The standard InChI is InChI=1S/C16H22N2OS/c1-11-8-9-15(20-11)16(12(2)17)19-14-7-5-6-13(10-14)18(3)4/h5-10,12,16H,17H2,1-4H3. The first kappa shape index (κ1) is 14.9. The molecule has 1 aromatic heterocycles. The first-order valence-electron chi connectivity index (χ1n) is 6.73. The number of nitrogens with zero attached hydrogens (tertiary/aromatic N) is 1. The number of thiophene rings is 1. The summed E-state index contributed by atoms with van der Waals surface area (Å²) in [6.07, 6.45) is -0.105. The molecule has 4 heteroatoms. The smallest absolute Gasteiger partial charge is 0.148 e. The number of aryl methyl sites for hydroxylation is 1. The van der Waals surface area contributed by atoms with Crippen LogP contribution in [0.3, 0.4) is 0 Å². The van der Waals surface area contributed by atoms with Crippen molar-refractivity contribution in [1.82, 2.24) is 0 Å². The van der Waals surface area contributed by atoms with Gasteiger partial charge in [-0.05, 0) is 38.1 Å². The maximum atomic E-state index is 6.12. The van der Waals surface area contributed by atoms with Gasteiger partial charge in [0.2, 0.25) is 0 Å². The molecule has 0 radical (unpaired) electrons. The van der Waals surface area contributed by atoms with Crippen molar-refractivity contribution >= 4 is 17.0 Å². The summed E-state index contributed by atoms with van der Waals surface area (Å²) in [5.41, 5.74) is 7.21. The Labute approximate surface area is 125 Å². The van der Waals surface area contributed by atoms with Crippen LogP contribution >= 0.6 is 11.3 Å². The summed E-state index contributed by atoms with van der Waals surface area (Å²) in [4.78, 5) is 4.51. The van der Waals surface area contributed by atoms with Crippen LogP contribution in [0.1, 0.15) is 22.8 Å². The molecular weight excluding hydrogens is 268 g/mol. The third-order valence-electron chi connectivity index (χ3n) is 3.12. The number of anilines is 1.